The number of amides is 1. The fraction of sp³-hybridized carbons (Fsp3) is 0.133. The van der Waals surface area contributed by atoms with Crippen molar-refractivity contribution >= 4 is 16.9 Å². The third-order valence-corrected chi connectivity index (χ3v) is 6.08. The number of fused-ring (bicyclic) bond motifs is 1. The van der Waals surface area contributed by atoms with E-state index in [1.807, 2.05) is 54.6 Å². The molecule has 4 nitrogen and oxygen atoms in total. The largest absolute Gasteiger partial charge is 0.456 e. The first kappa shape index (κ1) is 21.7. The molecule has 1 atom stereocenters. The van der Waals surface area contributed by atoms with Gasteiger partial charge in [0, 0.05) is 23.3 Å². The van der Waals surface area contributed by atoms with Gasteiger partial charge in [0.2, 0.25) is 5.91 Å². The van der Waals surface area contributed by atoms with Crippen molar-refractivity contribution < 1.29 is 9.21 Å². The molecule has 0 radical (unpaired) electrons. The zero-order valence-electron chi connectivity index (χ0n) is 19.3. The van der Waals surface area contributed by atoms with Crippen LogP contribution in [0.2, 0.25) is 0 Å². The molecule has 0 bridgehead atoms. The maximum Gasteiger partial charge on any atom is 0.225 e. The quantitative estimate of drug-likeness (QED) is 0.321. The second kappa shape index (κ2) is 9.36. The van der Waals surface area contributed by atoms with Gasteiger partial charge in [0.25, 0.3) is 0 Å². The molecule has 2 aromatic heterocycles. The topological polar surface area (TPSA) is 55.1 Å². The van der Waals surface area contributed by atoms with Crippen molar-refractivity contribution in [3.63, 3.8) is 0 Å². The molecule has 0 aliphatic heterocycles. The summed E-state index contributed by atoms with van der Waals surface area (Å²) in [5.41, 5.74) is 7.27. The number of hydrogen-bond acceptors (Lipinski definition) is 3. The molecule has 34 heavy (non-hydrogen) atoms. The maximum atomic E-state index is 13.2. The highest BCUT2D eigenvalue weighted by Gasteiger charge is 2.19. The molecular weight excluding hydrogens is 420 g/mol. The lowest BCUT2D eigenvalue weighted by molar-refractivity contribution is -0.120. The molecule has 168 valence electrons. The van der Waals surface area contributed by atoms with E-state index in [0.717, 1.165) is 44.5 Å². The lowest BCUT2D eigenvalue weighted by atomic mass is 9.93. The minimum absolute atomic E-state index is 0.0222. The van der Waals surface area contributed by atoms with Crippen LogP contribution in [0.25, 0.3) is 22.3 Å². The zero-order chi connectivity index (χ0) is 23.5. The van der Waals surface area contributed by atoms with Crippen molar-refractivity contribution in [1.29, 1.82) is 0 Å². The Morgan fingerprint density at radius 1 is 0.912 bits per heavy atom. The van der Waals surface area contributed by atoms with Gasteiger partial charge in [0.1, 0.15) is 11.3 Å². The lowest BCUT2D eigenvalue weighted by Gasteiger charge is -2.22. The second-order valence-electron chi connectivity index (χ2n) is 8.67. The third kappa shape index (κ3) is 4.62. The molecular formula is C30H26N2O2. The van der Waals surface area contributed by atoms with Crippen LogP contribution in [0.3, 0.4) is 0 Å². The van der Waals surface area contributed by atoms with Gasteiger partial charge in [-0.1, -0.05) is 60.2 Å². The average Bonchev–Trinajstić information content (AvgIpc) is 3.28. The van der Waals surface area contributed by atoms with Crippen LogP contribution < -0.4 is 5.32 Å². The first-order chi connectivity index (χ1) is 16.6. The van der Waals surface area contributed by atoms with Crippen LogP contribution in [-0.4, -0.2) is 10.9 Å². The molecule has 0 fully saturated rings. The van der Waals surface area contributed by atoms with Crippen molar-refractivity contribution in [3.05, 3.63) is 125 Å². The Morgan fingerprint density at radius 2 is 1.71 bits per heavy atom. The minimum Gasteiger partial charge on any atom is -0.456 e. The fourth-order valence-corrected chi connectivity index (χ4v) is 4.39. The molecule has 3 aromatic carbocycles. The molecule has 0 saturated heterocycles. The normalized spacial score (nSPS) is 11.9. The summed E-state index contributed by atoms with van der Waals surface area (Å²) in [7, 11) is 0. The van der Waals surface area contributed by atoms with Crippen molar-refractivity contribution in [2.45, 2.75) is 26.3 Å². The van der Waals surface area contributed by atoms with Crippen LogP contribution in [-0.2, 0) is 11.2 Å². The number of rotatable bonds is 6. The number of pyridine rings is 1. The van der Waals surface area contributed by atoms with Gasteiger partial charge >= 0.3 is 0 Å². The van der Waals surface area contributed by atoms with Crippen LogP contribution in [0.4, 0.5) is 0 Å². The number of benzene rings is 3. The molecule has 1 unspecified atom stereocenters. The number of aromatic nitrogens is 1. The summed E-state index contributed by atoms with van der Waals surface area (Å²) in [4.78, 5) is 17.2. The van der Waals surface area contributed by atoms with Crippen LogP contribution in [0.5, 0.6) is 0 Å². The van der Waals surface area contributed by atoms with Crippen LogP contribution in [0, 0.1) is 13.8 Å². The third-order valence-electron chi connectivity index (χ3n) is 6.08. The van der Waals surface area contributed by atoms with E-state index in [2.05, 4.69) is 54.5 Å². The van der Waals surface area contributed by atoms with Gasteiger partial charge in [-0.25, -0.2) is 0 Å². The van der Waals surface area contributed by atoms with Gasteiger partial charge in [0.15, 0.2) is 0 Å². The zero-order valence-corrected chi connectivity index (χ0v) is 19.3. The van der Waals surface area contributed by atoms with E-state index in [9.17, 15) is 4.79 Å². The standard InChI is InChI=1S/C30H26N2O2/c1-20-8-10-26(21(2)16-20)30(24-6-4-3-5-7-24)32-29(33)18-22-9-11-27-25(17-22)19-28(34-27)23-12-14-31-15-13-23/h3-17,19,30H,18H2,1-2H3,(H,32,33). The summed E-state index contributed by atoms with van der Waals surface area (Å²) < 4.78 is 5.99. The van der Waals surface area contributed by atoms with E-state index in [1.54, 1.807) is 12.4 Å². The summed E-state index contributed by atoms with van der Waals surface area (Å²) in [5, 5.41) is 4.25. The Morgan fingerprint density at radius 3 is 2.47 bits per heavy atom. The molecule has 1 N–H and O–H groups in total. The van der Waals surface area contributed by atoms with Crippen molar-refractivity contribution in [3.8, 4) is 11.3 Å². The van der Waals surface area contributed by atoms with Gasteiger partial charge < -0.3 is 9.73 Å². The van der Waals surface area contributed by atoms with E-state index in [1.165, 1.54) is 5.56 Å². The summed E-state index contributed by atoms with van der Waals surface area (Å²) in [6.07, 6.45) is 3.79. The Hall–Kier alpha value is -4.18. The Labute approximate surface area is 199 Å². The average molecular weight is 447 g/mol. The molecule has 0 spiro atoms. The first-order valence-electron chi connectivity index (χ1n) is 11.4. The summed E-state index contributed by atoms with van der Waals surface area (Å²) >= 11 is 0. The SMILES string of the molecule is Cc1ccc(C(NC(=O)Cc2ccc3oc(-c4ccncc4)cc3c2)c2ccccc2)c(C)c1. The van der Waals surface area contributed by atoms with Gasteiger partial charge in [-0.3, -0.25) is 9.78 Å². The Balaban J connectivity index is 1.39. The van der Waals surface area contributed by atoms with Gasteiger partial charge in [-0.2, -0.15) is 0 Å². The predicted octanol–water partition coefficient (Wildman–Crippen LogP) is 6.56. The summed E-state index contributed by atoms with van der Waals surface area (Å²) in [5.74, 6) is 0.768. The fourth-order valence-electron chi connectivity index (χ4n) is 4.39. The number of nitrogens with one attached hydrogen (secondary N) is 1. The molecule has 0 saturated carbocycles. The number of nitrogens with zero attached hydrogens (tertiary/aromatic N) is 1. The molecule has 2 heterocycles. The van der Waals surface area contributed by atoms with Crippen molar-refractivity contribution in [2.24, 2.45) is 0 Å². The van der Waals surface area contributed by atoms with Crippen LogP contribution in [0.1, 0.15) is 33.9 Å². The maximum absolute atomic E-state index is 13.2. The molecule has 5 aromatic rings. The van der Waals surface area contributed by atoms with E-state index in [4.69, 9.17) is 4.42 Å². The molecule has 5 rings (SSSR count). The molecule has 0 aliphatic carbocycles. The monoisotopic (exact) mass is 446 g/mol. The van der Waals surface area contributed by atoms with Crippen LogP contribution >= 0.6 is 0 Å². The highest BCUT2D eigenvalue weighted by molar-refractivity contribution is 5.85. The number of furan rings is 1. The van der Waals surface area contributed by atoms with Gasteiger partial charge in [-0.15, -0.1) is 0 Å². The van der Waals surface area contributed by atoms with Crippen molar-refractivity contribution in [2.75, 3.05) is 0 Å². The predicted molar refractivity (Wildman–Crippen MR) is 135 cm³/mol. The summed E-state index contributed by atoms with van der Waals surface area (Å²) in [6, 6.07) is 28.0. The number of aryl methyl sites for hydroxylation is 2. The van der Waals surface area contributed by atoms with E-state index in [0.29, 0.717) is 6.42 Å². The van der Waals surface area contributed by atoms with Crippen LogP contribution in [0.15, 0.2) is 102 Å². The lowest BCUT2D eigenvalue weighted by Crippen LogP contribution is -2.31. The van der Waals surface area contributed by atoms with Gasteiger partial charge in [0.05, 0.1) is 12.5 Å². The van der Waals surface area contributed by atoms with Gasteiger partial charge in [-0.05, 0) is 66.4 Å². The highest BCUT2D eigenvalue weighted by atomic mass is 16.3. The van der Waals surface area contributed by atoms with E-state index in [-0.39, 0.29) is 11.9 Å². The second-order valence-corrected chi connectivity index (χ2v) is 8.67. The molecule has 0 aliphatic rings. The molecule has 1 amide bonds. The number of carbonyl (C=O) groups is 1. The van der Waals surface area contributed by atoms with E-state index < -0.39 is 0 Å². The Bertz CT molecular complexity index is 1440. The highest BCUT2D eigenvalue weighted by Crippen LogP contribution is 2.29. The smallest absolute Gasteiger partial charge is 0.225 e. The molecule has 4 heteroatoms. The van der Waals surface area contributed by atoms with E-state index >= 15 is 0 Å². The Kier molecular flexibility index (Phi) is 5.96. The number of carbonyl (C=O) groups excluding carboxylic acids is 1. The summed E-state index contributed by atoms with van der Waals surface area (Å²) in [6.45, 7) is 4.18. The minimum atomic E-state index is -0.203. The van der Waals surface area contributed by atoms with Crippen molar-refractivity contribution in [1.82, 2.24) is 10.3 Å². The number of hydrogen-bond donors (Lipinski definition) is 1. The first-order valence-corrected chi connectivity index (χ1v) is 11.4.